The molecule has 7 aliphatic rings. The summed E-state index contributed by atoms with van der Waals surface area (Å²) < 4.78 is 26.6. The van der Waals surface area contributed by atoms with E-state index in [4.69, 9.17) is 29.2 Å². The molecule has 4 N–H and O–H groups in total. The molecule has 13 nitrogen and oxygen atoms in total. The van der Waals surface area contributed by atoms with Gasteiger partial charge in [0.05, 0.1) is 56.0 Å². The van der Waals surface area contributed by atoms with Crippen LogP contribution in [0.5, 0.6) is 0 Å². The smallest absolute Gasteiger partial charge is 0.314 e. The number of aliphatic carboxylic acids is 1. The predicted molar refractivity (Wildman–Crippen MR) is 196 cm³/mol. The van der Waals surface area contributed by atoms with E-state index in [2.05, 4.69) is 4.74 Å². The van der Waals surface area contributed by atoms with Crippen molar-refractivity contribution in [2.24, 2.45) is 41.4 Å². The van der Waals surface area contributed by atoms with Gasteiger partial charge in [-0.3, -0.25) is 19.2 Å². The van der Waals surface area contributed by atoms with Crippen molar-refractivity contribution < 1.29 is 63.3 Å². The van der Waals surface area contributed by atoms with Crippen LogP contribution in [0.25, 0.3) is 0 Å². The summed E-state index contributed by atoms with van der Waals surface area (Å²) in [7, 11) is 0. The highest BCUT2D eigenvalue weighted by molar-refractivity contribution is 5.92. The topological polar surface area (TPSA) is 195 Å². The molecule has 13 heteroatoms. The van der Waals surface area contributed by atoms with Crippen LogP contribution in [0.3, 0.4) is 0 Å². The Morgan fingerprint density at radius 3 is 1.63 bits per heavy atom. The molecule has 54 heavy (non-hydrogen) atoms. The third-order valence-corrected chi connectivity index (χ3v) is 12.0. The second-order valence-electron chi connectivity index (χ2n) is 17.4. The summed E-state index contributed by atoms with van der Waals surface area (Å²) in [5, 5.41) is 38.3. The van der Waals surface area contributed by atoms with E-state index in [0.717, 1.165) is 25.2 Å². The minimum Gasteiger partial charge on any atom is -0.481 e. The Labute approximate surface area is 321 Å². The number of aliphatic hydroxyl groups excluding tert-OH is 2. The number of esters is 3. The van der Waals surface area contributed by atoms with Crippen molar-refractivity contribution in [3.8, 4) is 0 Å². The van der Waals surface area contributed by atoms with Gasteiger partial charge in [-0.2, -0.15) is 0 Å². The third kappa shape index (κ3) is 13.5. The lowest BCUT2D eigenvalue weighted by Gasteiger charge is -2.38. The van der Waals surface area contributed by atoms with Crippen molar-refractivity contribution >= 4 is 23.9 Å². The van der Waals surface area contributed by atoms with Crippen molar-refractivity contribution in [3.63, 3.8) is 0 Å². The number of hydrogen-bond acceptors (Lipinski definition) is 12. The number of ether oxygens (including phenoxy) is 5. The van der Waals surface area contributed by atoms with Gasteiger partial charge in [0.15, 0.2) is 0 Å². The van der Waals surface area contributed by atoms with E-state index < -0.39 is 41.8 Å². The SMILES string of the molecule is C1CC2CCC1C2.CC(C)(C)OC(=O)C1CC2CCC1C2.O=C(O)C1C2CCC(O2)C1C(O)(OCCCCCO)OCCCCCO.O=C1CCC(=O)O1. The van der Waals surface area contributed by atoms with E-state index in [0.29, 0.717) is 44.4 Å². The Morgan fingerprint density at radius 1 is 0.704 bits per heavy atom. The van der Waals surface area contributed by atoms with Crippen LogP contribution in [0.15, 0.2) is 0 Å². The number of fused-ring (bicyclic) bond motifs is 6. The number of unbranched alkanes of at least 4 members (excludes halogenated alkanes) is 4. The van der Waals surface area contributed by atoms with Gasteiger partial charge in [-0.25, -0.2) is 0 Å². The second kappa shape index (κ2) is 21.4. The molecule has 4 saturated carbocycles. The summed E-state index contributed by atoms with van der Waals surface area (Å²) >= 11 is 0. The van der Waals surface area contributed by atoms with Crippen LogP contribution in [-0.4, -0.2) is 94.5 Å². The molecule has 0 aromatic carbocycles. The molecule has 6 bridgehead atoms. The molecule has 0 amide bonds. The Kier molecular flexibility index (Phi) is 17.6. The van der Waals surface area contributed by atoms with Gasteiger partial charge < -0.3 is 44.1 Å². The largest absolute Gasteiger partial charge is 0.481 e. The van der Waals surface area contributed by atoms with Crippen LogP contribution in [0.2, 0.25) is 0 Å². The first-order valence-corrected chi connectivity index (χ1v) is 20.8. The van der Waals surface area contributed by atoms with E-state index in [1.54, 1.807) is 32.1 Å². The van der Waals surface area contributed by atoms with Gasteiger partial charge in [0, 0.05) is 13.2 Å². The highest BCUT2D eigenvalue weighted by Crippen LogP contribution is 2.50. The van der Waals surface area contributed by atoms with Crippen molar-refractivity contribution in [1.82, 2.24) is 0 Å². The van der Waals surface area contributed by atoms with E-state index in [9.17, 15) is 29.4 Å². The molecule has 7 unspecified atom stereocenters. The summed E-state index contributed by atoms with van der Waals surface area (Å²) in [6.07, 6.45) is 17.9. The number of rotatable bonds is 15. The third-order valence-electron chi connectivity index (χ3n) is 12.0. The molecule has 7 rings (SSSR count). The number of carbonyl (C=O) groups excluding carboxylic acids is 3. The number of carbonyl (C=O) groups is 4. The molecule has 3 aliphatic heterocycles. The molecule has 0 aromatic heterocycles. The second-order valence-corrected chi connectivity index (χ2v) is 17.4. The maximum absolute atomic E-state index is 11.8. The molecule has 3 heterocycles. The lowest BCUT2D eigenvalue weighted by atomic mass is 9.77. The van der Waals surface area contributed by atoms with Gasteiger partial charge in [-0.15, -0.1) is 0 Å². The lowest BCUT2D eigenvalue weighted by Crippen LogP contribution is -2.53. The highest BCUT2D eigenvalue weighted by Gasteiger charge is 2.62. The molecule has 7 atom stereocenters. The van der Waals surface area contributed by atoms with Crippen LogP contribution < -0.4 is 0 Å². The van der Waals surface area contributed by atoms with Crippen LogP contribution in [0.4, 0.5) is 0 Å². The lowest BCUT2D eigenvalue weighted by molar-refractivity contribution is -0.394. The van der Waals surface area contributed by atoms with Crippen LogP contribution in [0, 0.1) is 41.4 Å². The number of hydrogen-bond donors (Lipinski definition) is 4. The molecule has 7 fully saturated rings. The quantitative estimate of drug-likeness (QED) is 0.0689. The molecule has 3 saturated heterocycles. The summed E-state index contributed by atoms with van der Waals surface area (Å²) in [6.45, 7) is 6.47. The first-order valence-electron chi connectivity index (χ1n) is 20.8. The molecular formula is C41H68O13. The number of aliphatic hydroxyl groups is 3. The average molecular weight is 769 g/mol. The molecule has 4 aliphatic carbocycles. The van der Waals surface area contributed by atoms with Crippen molar-refractivity contribution in [1.29, 1.82) is 0 Å². The number of carboxylic acids is 1. The summed E-state index contributed by atoms with van der Waals surface area (Å²) in [4.78, 5) is 43.6. The van der Waals surface area contributed by atoms with E-state index >= 15 is 0 Å². The maximum Gasteiger partial charge on any atom is 0.314 e. The normalized spacial score (nSPS) is 31.6. The molecule has 0 radical (unpaired) electrons. The molecular weight excluding hydrogens is 700 g/mol. The fourth-order valence-corrected chi connectivity index (χ4v) is 9.43. The Bertz CT molecular complexity index is 1150. The number of cyclic esters (lactones) is 2. The summed E-state index contributed by atoms with van der Waals surface area (Å²) in [5.41, 5.74) is -0.321. The zero-order valence-electron chi connectivity index (χ0n) is 32.9. The van der Waals surface area contributed by atoms with Crippen LogP contribution in [-0.2, 0) is 42.9 Å². The van der Waals surface area contributed by atoms with E-state index in [-0.39, 0.29) is 62.9 Å². The Morgan fingerprint density at radius 2 is 1.24 bits per heavy atom. The Hall–Kier alpha value is -2.16. The van der Waals surface area contributed by atoms with Crippen molar-refractivity contribution in [2.45, 2.75) is 167 Å². The number of carboxylic acid groups (broad SMARTS) is 1. The molecule has 0 aromatic rings. The fourth-order valence-electron chi connectivity index (χ4n) is 9.43. The van der Waals surface area contributed by atoms with E-state index in [1.807, 2.05) is 20.8 Å². The zero-order valence-corrected chi connectivity index (χ0v) is 32.9. The van der Waals surface area contributed by atoms with Crippen LogP contribution in [0.1, 0.15) is 143 Å². The monoisotopic (exact) mass is 768 g/mol. The minimum atomic E-state index is -2.00. The summed E-state index contributed by atoms with van der Waals surface area (Å²) in [6, 6.07) is 0. The fraction of sp³-hybridized carbons (Fsp3) is 0.902. The highest BCUT2D eigenvalue weighted by atomic mass is 16.8. The van der Waals surface area contributed by atoms with Crippen molar-refractivity contribution in [2.75, 3.05) is 26.4 Å². The van der Waals surface area contributed by atoms with Gasteiger partial charge in [-0.1, -0.05) is 32.1 Å². The molecule has 310 valence electrons. The molecule has 0 spiro atoms. The van der Waals surface area contributed by atoms with Gasteiger partial charge in [0.2, 0.25) is 0 Å². The Balaban J connectivity index is 0.000000189. The predicted octanol–water partition coefficient (Wildman–Crippen LogP) is 5.68. The van der Waals surface area contributed by atoms with Crippen molar-refractivity contribution in [3.05, 3.63) is 0 Å². The van der Waals surface area contributed by atoms with E-state index in [1.165, 1.54) is 31.1 Å². The first kappa shape index (κ1) is 44.6. The van der Waals surface area contributed by atoms with Gasteiger partial charge in [0.1, 0.15) is 5.60 Å². The maximum atomic E-state index is 11.8. The van der Waals surface area contributed by atoms with Gasteiger partial charge in [0.25, 0.3) is 5.97 Å². The standard InChI is InChI=1S/C18H32O8.C12H20O2.C7H12.C4H4O3/c19-9-3-1-5-11-24-18(23,25-12-6-2-4-10-20)16-14-8-7-13(26-14)15(16)17(21)22;1-12(2,3)14-11(13)10-7-8-4-5-9(10)6-8;1-2-7-4-3-6(1)5-7;5-3-1-2-4(6)7-3/h13-16,19-20,23H,1-12H2,(H,21,22);8-10H,4-7H2,1-3H3;6-7H,1-5H2;1-2H2. The summed E-state index contributed by atoms with van der Waals surface area (Å²) in [5.74, 6) is -1.37. The zero-order chi connectivity index (χ0) is 39.3. The van der Waals surface area contributed by atoms with Gasteiger partial charge in [-0.05, 0) is 121 Å². The van der Waals surface area contributed by atoms with Gasteiger partial charge >= 0.3 is 23.9 Å². The first-order chi connectivity index (χ1) is 25.7. The average Bonchev–Trinajstić information content (AvgIpc) is 3.99. The minimum absolute atomic E-state index is 0.0460. The van der Waals surface area contributed by atoms with Crippen LogP contribution >= 0.6 is 0 Å².